The van der Waals surface area contributed by atoms with Crippen LogP contribution in [0.1, 0.15) is 52.1 Å². The first kappa shape index (κ1) is 15.4. The minimum atomic E-state index is -0.537. The zero-order chi connectivity index (χ0) is 14.5. The van der Waals surface area contributed by atoms with E-state index in [1.165, 1.54) is 0 Å². The number of benzene rings is 1. The van der Waals surface area contributed by atoms with Crippen LogP contribution in [0, 0.1) is 5.41 Å². The van der Waals surface area contributed by atoms with Crippen molar-refractivity contribution >= 4 is 11.7 Å². The van der Waals surface area contributed by atoms with Gasteiger partial charge in [0.05, 0.1) is 0 Å². The second kappa shape index (κ2) is 6.50. The molecular formula is C16H23NO2. The molecule has 1 aromatic carbocycles. The van der Waals surface area contributed by atoms with E-state index in [-0.39, 0.29) is 11.7 Å². The molecule has 1 amide bonds. The normalized spacial score (nSPS) is 12.8. The third-order valence-electron chi connectivity index (χ3n) is 3.58. The standard InChI is InChI=1S/C16H23NO2/c1-5-13(18)14(12-10-8-7-9-11-12)17-15(19)16(3,4)6-2/h7-11,14H,5-6H2,1-4H3,(H,17,19)/t14-/m1/s1. The quantitative estimate of drug-likeness (QED) is 0.854. The van der Waals surface area contributed by atoms with Crippen LogP contribution in [0.2, 0.25) is 0 Å². The molecule has 0 radical (unpaired) electrons. The molecule has 0 aliphatic heterocycles. The fourth-order valence-corrected chi connectivity index (χ4v) is 1.69. The number of nitrogens with one attached hydrogen (secondary N) is 1. The molecule has 1 atom stereocenters. The Balaban J connectivity index is 2.95. The number of Topliss-reactive ketones (excluding diaryl/α,β-unsaturated/α-hetero) is 1. The summed E-state index contributed by atoms with van der Waals surface area (Å²) in [7, 11) is 0. The number of rotatable bonds is 6. The summed E-state index contributed by atoms with van der Waals surface area (Å²) in [6, 6.07) is 8.86. The SMILES string of the molecule is CCC(=O)[C@H](NC(=O)C(C)(C)CC)c1ccccc1. The van der Waals surface area contributed by atoms with Crippen molar-refractivity contribution in [3.05, 3.63) is 35.9 Å². The van der Waals surface area contributed by atoms with Gasteiger partial charge in [-0.3, -0.25) is 9.59 Å². The number of ketones is 1. The molecule has 0 spiro atoms. The van der Waals surface area contributed by atoms with Crippen molar-refractivity contribution < 1.29 is 9.59 Å². The van der Waals surface area contributed by atoms with Crippen LogP contribution in [-0.2, 0) is 9.59 Å². The second-order valence-corrected chi connectivity index (χ2v) is 5.37. The van der Waals surface area contributed by atoms with Gasteiger partial charge in [0, 0.05) is 11.8 Å². The van der Waals surface area contributed by atoms with Crippen molar-refractivity contribution in [3.63, 3.8) is 0 Å². The zero-order valence-electron chi connectivity index (χ0n) is 12.2. The summed E-state index contributed by atoms with van der Waals surface area (Å²) < 4.78 is 0. The predicted octanol–water partition coefficient (Wildman–Crippen LogP) is 3.26. The Morgan fingerprint density at radius 3 is 2.21 bits per heavy atom. The van der Waals surface area contributed by atoms with Gasteiger partial charge in [-0.2, -0.15) is 0 Å². The highest BCUT2D eigenvalue weighted by Crippen LogP contribution is 2.23. The van der Waals surface area contributed by atoms with Crippen molar-refractivity contribution in [1.82, 2.24) is 5.32 Å². The van der Waals surface area contributed by atoms with Crippen molar-refractivity contribution in [2.24, 2.45) is 5.41 Å². The van der Waals surface area contributed by atoms with Crippen LogP contribution in [0.15, 0.2) is 30.3 Å². The first-order valence-corrected chi connectivity index (χ1v) is 6.81. The van der Waals surface area contributed by atoms with E-state index >= 15 is 0 Å². The molecule has 3 heteroatoms. The van der Waals surface area contributed by atoms with Gasteiger partial charge in [-0.15, -0.1) is 0 Å². The minimum Gasteiger partial charge on any atom is -0.342 e. The Bertz CT molecular complexity index is 437. The molecule has 0 fully saturated rings. The third kappa shape index (κ3) is 3.91. The number of hydrogen-bond acceptors (Lipinski definition) is 2. The van der Waals surface area contributed by atoms with E-state index in [9.17, 15) is 9.59 Å². The Morgan fingerprint density at radius 2 is 1.74 bits per heavy atom. The highest BCUT2D eigenvalue weighted by atomic mass is 16.2. The molecule has 0 saturated carbocycles. The van der Waals surface area contributed by atoms with E-state index in [0.29, 0.717) is 6.42 Å². The van der Waals surface area contributed by atoms with Crippen LogP contribution in [0.25, 0.3) is 0 Å². The van der Waals surface area contributed by atoms with Crippen LogP contribution in [0.5, 0.6) is 0 Å². The first-order chi connectivity index (χ1) is 8.92. The number of carbonyl (C=O) groups excluding carboxylic acids is 2. The third-order valence-corrected chi connectivity index (χ3v) is 3.58. The van der Waals surface area contributed by atoms with Crippen molar-refractivity contribution in [2.75, 3.05) is 0 Å². The predicted molar refractivity (Wildman–Crippen MR) is 76.7 cm³/mol. The second-order valence-electron chi connectivity index (χ2n) is 5.37. The fourth-order valence-electron chi connectivity index (χ4n) is 1.69. The van der Waals surface area contributed by atoms with E-state index in [4.69, 9.17) is 0 Å². The van der Waals surface area contributed by atoms with Gasteiger partial charge in [0.2, 0.25) is 5.91 Å². The summed E-state index contributed by atoms with van der Waals surface area (Å²) >= 11 is 0. The molecule has 0 saturated heterocycles. The molecule has 1 aromatic rings. The Hall–Kier alpha value is -1.64. The Kier molecular flexibility index (Phi) is 5.28. The lowest BCUT2D eigenvalue weighted by Crippen LogP contribution is -2.41. The van der Waals surface area contributed by atoms with Crippen LogP contribution >= 0.6 is 0 Å². The molecule has 1 N–H and O–H groups in total. The number of amides is 1. The lowest BCUT2D eigenvalue weighted by molar-refractivity contribution is -0.133. The smallest absolute Gasteiger partial charge is 0.226 e. The average Bonchev–Trinajstić information content (AvgIpc) is 2.44. The van der Waals surface area contributed by atoms with Gasteiger partial charge in [-0.1, -0.05) is 58.0 Å². The van der Waals surface area contributed by atoms with Gasteiger partial charge in [-0.05, 0) is 12.0 Å². The van der Waals surface area contributed by atoms with Gasteiger partial charge >= 0.3 is 0 Å². The van der Waals surface area contributed by atoms with E-state index in [1.807, 2.05) is 58.0 Å². The largest absolute Gasteiger partial charge is 0.342 e. The van der Waals surface area contributed by atoms with Crippen molar-refractivity contribution in [1.29, 1.82) is 0 Å². The van der Waals surface area contributed by atoms with Crippen molar-refractivity contribution in [2.45, 2.75) is 46.6 Å². The maximum atomic E-state index is 12.2. The topological polar surface area (TPSA) is 46.2 Å². The Morgan fingerprint density at radius 1 is 1.16 bits per heavy atom. The van der Waals surface area contributed by atoms with E-state index in [0.717, 1.165) is 12.0 Å². The fraction of sp³-hybridized carbons (Fsp3) is 0.500. The van der Waals surface area contributed by atoms with Crippen LogP contribution in [0.4, 0.5) is 0 Å². The molecule has 0 heterocycles. The van der Waals surface area contributed by atoms with Crippen molar-refractivity contribution in [3.8, 4) is 0 Å². The van der Waals surface area contributed by atoms with Crippen LogP contribution in [0.3, 0.4) is 0 Å². The average molecular weight is 261 g/mol. The van der Waals surface area contributed by atoms with Gasteiger partial charge in [0.1, 0.15) is 6.04 Å². The molecular weight excluding hydrogens is 238 g/mol. The van der Waals surface area contributed by atoms with Gasteiger partial charge in [0.25, 0.3) is 0 Å². The summed E-state index contributed by atoms with van der Waals surface area (Å²) in [6.45, 7) is 7.57. The first-order valence-electron chi connectivity index (χ1n) is 6.81. The molecule has 0 aliphatic rings. The minimum absolute atomic E-state index is 0.0338. The molecule has 1 rings (SSSR count). The van der Waals surface area contributed by atoms with E-state index < -0.39 is 11.5 Å². The Labute approximate surface area is 115 Å². The van der Waals surface area contributed by atoms with Gasteiger partial charge < -0.3 is 5.32 Å². The van der Waals surface area contributed by atoms with Gasteiger partial charge in [-0.25, -0.2) is 0 Å². The summed E-state index contributed by atoms with van der Waals surface area (Å²) in [5.41, 5.74) is 0.385. The highest BCUT2D eigenvalue weighted by Gasteiger charge is 2.29. The molecule has 19 heavy (non-hydrogen) atoms. The molecule has 0 bridgehead atoms. The summed E-state index contributed by atoms with van der Waals surface area (Å²) in [6.07, 6.45) is 1.15. The number of hydrogen-bond donors (Lipinski definition) is 1. The maximum absolute atomic E-state index is 12.2. The number of carbonyl (C=O) groups is 2. The van der Waals surface area contributed by atoms with Gasteiger partial charge in [0.15, 0.2) is 5.78 Å². The zero-order valence-corrected chi connectivity index (χ0v) is 12.2. The summed E-state index contributed by atoms with van der Waals surface area (Å²) in [5, 5.41) is 2.89. The molecule has 0 aliphatic carbocycles. The lowest BCUT2D eigenvalue weighted by atomic mass is 9.88. The van der Waals surface area contributed by atoms with Crippen LogP contribution < -0.4 is 5.32 Å². The molecule has 0 aromatic heterocycles. The maximum Gasteiger partial charge on any atom is 0.226 e. The van der Waals surface area contributed by atoms with Crippen LogP contribution in [-0.4, -0.2) is 11.7 Å². The van der Waals surface area contributed by atoms with E-state index in [2.05, 4.69) is 5.32 Å². The highest BCUT2D eigenvalue weighted by molar-refractivity contribution is 5.91. The summed E-state index contributed by atoms with van der Waals surface area (Å²) in [4.78, 5) is 24.3. The van der Waals surface area contributed by atoms with E-state index in [1.54, 1.807) is 0 Å². The lowest BCUT2D eigenvalue weighted by Gasteiger charge is -2.25. The summed E-state index contributed by atoms with van der Waals surface area (Å²) in [5.74, 6) is -0.0443. The molecule has 104 valence electrons. The monoisotopic (exact) mass is 261 g/mol. The molecule has 3 nitrogen and oxygen atoms in total. The molecule has 0 unspecified atom stereocenters.